The predicted octanol–water partition coefficient (Wildman–Crippen LogP) is -3.48. The summed E-state index contributed by atoms with van der Waals surface area (Å²) in [5.74, 6) is -4.82. The molecule has 0 saturated carbocycles. The molecule has 0 spiro atoms. The molecule has 4 unspecified atom stereocenters. The van der Waals surface area contributed by atoms with Gasteiger partial charge in [0, 0.05) is 13.0 Å². The number of thioether (sulfide) groups is 1. The molecular weight excluding hydrogens is 486 g/mol. The number of amides is 3. The number of rotatable bonds is 18. The number of aliphatic carboxylic acids is 2. The average Bonchev–Trinajstić information content (AvgIpc) is 2.79. The Morgan fingerprint density at radius 2 is 1.46 bits per heavy atom. The molecule has 0 rings (SSSR count). The first-order valence-electron chi connectivity index (χ1n) is 10.7. The van der Waals surface area contributed by atoms with Gasteiger partial charge >= 0.3 is 11.9 Å². The van der Waals surface area contributed by atoms with Crippen LogP contribution in [-0.2, 0) is 24.0 Å². The number of nitrogens with one attached hydrogen (secondary N) is 3. The van der Waals surface area contributed by atoms with Gasteiger partial charge in [0.1, 0.15) is 18.1 Å². The van der Waals surface area contributed by atoms with Crippen LogP contribution in [0, 0.1) is 0 Å². The molecule has 3 amide bonds. The zero-order chi connectivity index (χ0) is 27.0. The van der Waals surface area contributed by atoms with E-state index < -0.39 is 66.9 Å². The molecule has 35 heavy (non-hydrogen) atoms. The zero-order valence-corrected chi connectivity index (χ0v) is 20.3. The Morgan fingerprint density at radius 1 is 0.886 bits per heavy atom. The van der Waals surface area contributed by atoms with Crippen LogP contribution in [-0.4, -0.2) is 100 Å². The summed E-state index contributed by atoms with van der Waals surface area (Å²) < 4.78 is 0. The quantitative estimate of drug-likeness (QED) is 0.0483. The molecule has 0 radical (unpaired) electrons. The van der Waals surface area contributed by atoms with Gasteiger partial charge in [0.05, 0.1) is 12.6 Å². The molecule has 0 aromatic heterocycles. The maximum absolute atomic E-state index is 12.7. The normalized spacial score (nSPS) is 14.0. The van der Waals surface area contributed by atoms with E-state index in [1.54, 1.807) is 6.26 Å². The van der Waals surface area contributed by atoms with Crippen molar-refractivity contribution in [2.75, 3.05) is 25.2 Å². The smallest absolute Gasteiger partial charge is 0.326 e. The summed E-state index contributed by atoms with van der Waals surface area (Å²) in [7, 11) is 0. The number of carboxylic acids is 2. The highest BCUT2D eigenvalue weighted by atomic mass is 32.2. The van der Waals surface area contributed by atoms with Crippen molar-refractivity contribution in [1.82, 2.24) is 16.0 Å². The third-order valence-corrected chi connectivity index (χ3v) is 5.27. The monoisotopic (exact) mass is 521 g/mol. The molecule has 0 aliphatic carbocycles. The van der Waals surface area contributed by atoms with Gasteiger partial charge in [-0.1, -0.05) is 0 Å². The fourth-order valence-electron chi connectivity index (χ4n) is 2.70. The van der Waals surface area contributed by atoms with E-state index in [9.17, 15) is 34.2 Å². The number of hydrogen-bond acceptors (Lipinski definition) is 9. The lowest BCUT2D eigenvalue weighted by Crippen LogP contribution is -2.58. The van der Waals surface area contributed by atoms with Gasteiger partial charge in [-0.2, -0.15) is 11.8 Å². The standard InChI is InChI=1S/C19H35N7O8S/c1-35-8-6-12(18(33)34)25-17(32)13(9-27)26-16(31)11(4-5-14(28)29)24-15(30)10(20)3-2-7-23-19(21)22/h10-13,27H,2-9,20H2,1H3,(H,24,30)(H,25,32)(H,26,31)(H,28,29)(H,33,34)(H4,21,22,23). The van der Waals surface area contributed by atoms with Crippen LogP contribution in [0.25, 0.3) is 0 Å². The first kappa shape index (κ1) is 31.9. The third-order valence-electron chi connectivity index (χ3n) is 4.63. The van der Waals surface area contributed by atoms with E-state index in [1.807, 2.05) is 0 Å². The molecule has 200 valence electrons. The van der Waals surface area contributed by atoms with E-state index in [-0.39, 0.29) is 31.8 Å². The molecule has 0 heterocycles. The van der Waals surface area contributed by atoms with Crippen molar-refractivity contribution < 1.29 is 39.3 Å². The van der Waals surface area contributed by atoms with Crippen LogP contribution in [0.2, 0.25) is 0 Å². The number of carbonyl (C=O) groups is 5. The van der Waals surface area contributed by atoms with E-state index in [0.29, 0.717) is 12.2 Å². The molecule has 0 bridgehead atoms. The number of aliphatic hydroxyl groups excluding tert-OH is 1. The Morgan fingerprint density at radius 3 is 1.97 bits per heavy atom. The van der Waals surface area contributed by atoms with Crippen LogP contribution in [0.5, 0.6) is 0 Å². The summed E-state index contributed by atoms with van der Waals surface area (Å²) in [5.41, 5.74) is 16.2. The first-order chi connectivity index (χ1) is 16.4. The van der Waals surface area contributed by atoms with Crippen molar-refractivity contribution >= 4 is 47.4 Å². The highest BCUT2D eigenvalue weighted by Crippen LogP contribution is 2.04. The Kier molecular flexibility index (Phi) is 15.8. The van der Waals surface area contributed by atoms with Gasteiger partial charge in [-0.3, -0.25) is 24.2 Å². The molecule has 0 aromatic carbocycles. The maximum atomic E-state index is 12.7. The highest BCUT2D eigenvalue weighted by Gasteiger charge is 2.30. The van der Waals surface area contributed by atoms with Crippen molar-refractivity contribution in [3.63, 3.8) is 0 Å². The number of aliphatic hydroxyl groups is 1. The largest absolute Gasteiger partial charge is 0.481 e. The molecule has 0 aromatic rings. The van der Waals surface area contributed by atoms with Crippen molar-refractivity contribution in [3.8, 4) is 0 Å². The molecule has 0 aliphatic heterocycles. The summed E-state index contributed by atoms with van der Waals surface area (Å²) >= 11 is 1.38. The van der Waals surface area contributed by atoms with E-state index in [4.69, 9.17) is 22.3 Å². The van der Waals surface area contributed by atoms with Crippen molar-refractivity contribution in [1.29, 1.82) is 0 Å². The minimum Gasteiger partial charge on any atom is -0.481 e. The van der Waals surface area contributed by atoms with Crippen molar-refractivity contribution in [2.45, 2.75) is 56.3 Å². The lowest BCUT2D eigenvalue weighted by Gasteiger charge is -2.24. The van der Waals surface area contributed by atoms with Crippen LogP contribution in [0.4, 0.5) is 0 Å². The minimum atomic E-state index is -1.53. The van der Waals surface area contributed by atoms with Crippen LogP contribution in [0.15, 0.2) is 4.99 Å². The summed E-state index contributed by atoms with van der Waals surface area (Å²) in [6, 6.07) is -5.19. The van der Waals surface area contributed by atoms with Crippen LogP contribution >= 0.6 is 11.8 Å². The van der Waals surface area contributed by atoms with Gasteiger partial charge in [-0.05, 0) is 37.7 Å². The predicted molar refractivity (Wildman–Crippen MR) is 128 cm³/mol. The van der Waals surface area contributed by atoms with Crippen molar-refractivity contribution in [2.24, 2.45) is 22.2 Å². The number of nitrogens with two attached hydrogens (primary N) is 3. The second kappa shape index (κ2) is 17.3. The second-order valence-corrected chi connectivity index (χ2v) is 8.46. The summed E-state index contributed by atoms with van der Waals surface area (Å²) in [4.78, 5) is 63.6. The van der Waals surface area contributed by atoms with Gasteiger partial charge in [0.15, 0.2) is 5.96 Å². The number of hydrogen-bond donors (Lipinski definition) is 9. The minimum absolute atomic E-state index is 0.116. The fraction of sp³-hybridized carbons (Fsp3) is 0.684. The van der Waals surface area contributed by atoms with Gasteiger partial charge in [-0.25, -0.2) is 4.79 Å². The SMILES string of the molecule is CSCCC(NC(=O)C(CO)NC(=O)C(CCC(=O)O)NC(=O)C(N)CCCN=C(N)N)C(=O)O. The molecular formula is C19H35N7O8S. The maximum Gasteiger partial charge on any atom is 0.326 e. The number of nitrogens with zero attached hydrogens (tertiary/aromatic N) is 1. The molecule has 0 fully saturated rings. The van der Waals surface area contributed by atoms with Crippen LogP contribution < -0.4 is 33.2 Å². The Bertz CT molecular complexity index is 763. The number of carbonyl (C=O) groups excluding carboxylic acids is 3. The average molecular weight is 522 g/mol. The molecule has 15 nitrogen and oxygen atoms in total. The van der Waals surface area contributed by atoms with Crippen LogP contribution in [0.3, 0.4) is 0 Å². The Labute approximate surface area is 206 Å². The topological polar surface area (TPSA) is 273 Å². The molecule has 12 N–H and O–H groups in total. The Balaban J connectivity index is 5.20. The van der Waals surface area contributed by atoms with Gasteiger partial charge in [0.2, 0.25) is 17.7 Å². The van der Waals surface area contributed by atoms with Gasteiger partial charge < -0.3 is 48.5 Å². The van der Waals surface area contributed by atoms with E-state index in [1.165, 1.54) is 11.8 Å². The lowest BCUT2D eigenvalue weighted by atomic mass is 10.1. The summed E-state index contributed by atoms with van der Waals surface area (Å²) in [6.07, 6.45) is 1.62. The second-order valence-electron chi connectivity index (χ2n) is 7.47. The van der Waals surface area contributed by atoms with Gasteiger partial charge in [-0.15, -0.1) is 0 Å². The molecule has 4 atom stereocenters. The third kappa shape index (κ3) is 14.0. The Hall–Kier alpha value is -3.11. The van der Waals surface area contributed by atoms with Crippen LogP contribution in [0.1, 0.15) is 32.1 Å². The van der Waals surface area contributed by atoms with Crippen molar-refractivity contribution in [3.05, 3.63) is 0 Å². The van der Waals surface area contributed by atoms with E-state index in [2.05, 4.69) is 20.9 Å². The van der Waals surface area contributed by atoms with E-state index >= 15 is 0 Å². The molecule has 0 aliphatic rings. The molecule has 0 saturated heterocycles. The van der Waals surface area contributed by atoms with E-state index in [0.717, 1.165) is 0 Å². The summed E-state index contributed by atoms with van der Waals surface area (Å²) in [6.45, 7) is -0.635. The molecule has 16 heteroatoms. The first-order valence-corrected chi connectivity index (χ1v) is 12.1. The summed E-state index contributed by atoms with van der Waals surface area (Å²) in [5, 5.41) is 34.5. The number of aliphatic imine (C=N–C) groups is 1. The number of carboxylic acid groups (broad SMARTS) is 2. The fourth-order valence-corrected chi connectivity index (χ4v) is 3.17. The highest BCUT2D eigenvalue weighted by molar-refractivity contribution is 7.98. The number of guanidine groups is 1. The lowest BCUT2D eigenvalue weighted by molar-refractivity contribution is -0.142. The van der Waals surface area contributed by atoms with Gasteiger partial charge in [0.25, 0.3) is 0 Å². The zero-order valence-electron chi connectivity index (χ0n) is 19.4.